The molecule has 2 N–H and O–H groups in total. The molecule has 1 aromatic carbocycles. The van der Waals surface area contributed by atoms with E-state index in [4.69, 9.17) is 9.84 Å². The number of nitrogens with one attached hydrogen (secondary N) is 1. The molecule has 3 rings (SSSR count). The zero-order valence-electron chi connectivity index (χ0n) is 13.5. The topological polar surface area (TPSA) is 61.8 Å². The van der Waals surface area contributed by atoms with Gasteiger partial charge in [-0.3, -0.25) is 9.69 Å². The summed E-state index contributed by atoms with van der Waals surface area (Å²) in [6.45, 7) is 2.77. The van der Waals surface area contributed by atoms with E-state index in [0.29, 0.717) is 12.5 Å². The van der Waals surface area contributed by atoms with Gasteiger partial charge in [-0.25, -0.2) is 0 Å². The van der Waals surface area contributed by atoms with Crippen molar-refractivity contribution in [3.05, 3.63) is 29.8 Å². The highest BCUT2D eigenvalue weighted by Gasteiger charge is 2.35. The summed E-state index contributed by atoms with van der Waals surface area (Å²) in [7, 11) is 0. The molecule has 0 spiro atoms. The van der Waals surface area contributed by atoms with Crippen LogP contribution < -0.4 is 5.32 Å². The van der Waals surface area contributed by atoms with Gasteiger partial charge in [0.25, 0.3) is 0 Å². The number of aliphatic hydroxyl groups is 1. The number of benzene rings is 1. The molecule has 1 aromatic rings. The average Bonchev–Trinajstić information content (AvgIpc) is 3.07. The van der Waals surface area contributed by atoms with Crippen molar-refractivity contribution in [1.29, 1.82) is 0 Å². The normalized spacial score (nSPS) is 23.1. The van der Waals surface area contributed by atoms with Crippen molar-refractivity contribution in [3.8, 4) is 0 Å². The Morgan fingerprint density at radius 3 is 2.65 bits per heavy atom. The van der Waals surface area contributed by atoms with Crippen molar-refractivity contribution < 1.29 is 14.6 Å². The predicted molar refractivity (Wildman–Crippen MR) is 89.4 cm³/mol. The maximum Gasteiger partial charge on any atom is 0.241 e. The number of likely N-dealkylation sites (tertiary alicyclic amines) is 1. The molecule has 2 heterocycles. The lowest BCUT2D eigenvalue weighted by molar-refractivity contribution is -0.121. The minimum Gasteiger partial charge on any atom is -0.396 e. The van der Waals surface area contributed by atoms with E-state index in [0.717, 1.165) is 56.7 Å². The Labute approximate surface area is 137 Å². The molecular weight excluding hydrogens is 292 g/mol. The minimum absolute atomic E-state index is 0.0183. The average molecular weight is 318 g/mol. The number of amides is 1. The van der Waals surface area contributed by atoms with E-state index < -0.39 is 0 Å². The molecule has 1 amide bonds. The third-order valence-corrected chi connectivity index (χ3v) is 4.88. The van der Waals surface area contributed by atoms with Gasteiger partial charge in [0.2, 0.25) is 5.91 Å². The number of anilines is 1. The van der Waals surface area contributed by atoms with Crippen molar-refractivity contribution in [2.24, 2.45) is 0 Å². The first-order valence-corrected chi connectivity index (χ1v) is 8.62. The lowest BCUT2D eigenvalue weighted by atomic mass is 10.1. The Kier molecular flexibility index (Phi) is 5.65. The highest BCUT2D eigenvalue weighted by molar-refractivity contribution is 5.95. The zero-order chi connectivity index (χ0) is 16.1. The molecule has 5 nitrogen and oxygen atoms in total. The molecule has 0 radical (unpaired) electrons. The van der Waals surface area contributed by atoms with Gasteiger partial charge in [0, 0.05) is 31.5 Å². The number of aliphatic hydroxyl groups excluding tert-OH is 1. The van der Waals surface area contributed by atoms with Gasteiger partial charge in [-0.15, -0.1) is 0 Å². The van der Waals surface area contributed by atoms with Crippen LogP contribution >= 0.6 is 0 Å². The van der Waals surface area contributed by atoms with Crippen LogP contribution in [0.4, 0.5) is 5.69 Å². The highest BCUT2D eigenvalue weighted by atomic mass is 16.5. The molecule has 2 saturated heterocycles. The second kappa shape index (κ2) is 7.90. The second-order valence-corrected chi connectivity index (χ2v) is 6.40. The molecule has 2 aliphatic heterocycles. The summed E-state index contributed by atoms with van der Waals surface area (Å²) in [6, 6.07) is 8.20. The number of hydrogen-bond acceptors (Lipinski definition) is 4. The molecule has 0 bridgehead atoms. The Bertz CT molecular complexity index is 512. The maximum absolute atomic E-state index is 12.7. The molecule has 23 heavy (non-hydrogen) atoms. The van der Waals surface area contributed by atoms with Crippen LogP contribution in [0.15, 0.2) is 24.3 Å². The Morgan fingerprint density at radius 1 is 1.22 bits per heavy atom. The summed E-state index contributed by atoms with van der Waals surface area (Å²) >= 11 is 0. The van der Waals surface area contributed by atoms with E-state index in [1.165, 1.54) is 0 Å². The number of ether oxygens (including phenoxy) is 1. The van der Waals surface area contributed by atoms with Gasteiger partial charge in [0.05, 0.1) is 6.04 Å². The molecule has 0 aromatic heterocycles. The van der Waals surface area contributed by atoms with Crippen molar-refractivity contribution in [1.82, 2.24) is 4.90 Å². The summed E-state index contributed by atoms with van der Waals surface area (Å²) in [4.78, 5) is 15.0. The smallest absolute Gasteiger partial charge is 0.241 e. The standard InChI is InChI=1S/C18H26N2O3/c21-11-7-14-3-5-15(6-4-14)19-18(22)17-2-1-10-20(17)16-8-12-23-13-9-16/h3-6,16-17,21H,1-2,7-13H2,(H,19,22)/t17-/m1/s1. The fourth-order valence-corrected chi connectivity index (χ4v) is 3.63. The maximum atomic E-state index is 12.7. The Hall–Kier alpha value is -1.43. The quantitative estimate of drug-likeness (QED) is 0.869. The van der Waals surface area contributed by atoms with Crippen LogP contribution in [-0.4, -0.2) is 54.4 Å². The van der Waals surface area contributed by atoms with Gasteiger partial charge in [-0.1, -0.05) is 12.1 Å². The molecule has 0 saturated carbocycles. The van der Waals surface area contributed by atoms with Gasteiger partial charge < -0.3 is 15.2 Å². The van der Waals surface area contributed by atoms with Crippen LogP contribution in [0.5, 0.6) is 0 Å². The molecule has 0 unspecified atom stereocenters. The van der Waals surface area contributed by atoms with Crippen LogP contribution in [0.3, 0.4) is 0 Å². The highest BCUT2D eigenvalue weighted by Crippen LogP contribution is 2.26. The Balaban J connectivity index is 1.60. The number of rotatable bonds is 5. The third kappa shape index (κ3) is 4.10. The fraction of sp³-hybridized carbons (Fsp3) is 0.611. The molecule has 2 fully saturated rings. The number of hydrogen-bond donors (Lipinski definition) is 2. The van der Waals surface area contributed by atoms with E-state index in [-0.39, 0.29) is 18.6 Å². The van der Waals surface area contributed by atoms with Crippen molar-refractivity contribution in [2.45, 2.75) is 44.2 Å². The molecule has 126 valence electrons. The van der Waals surface area contributed by atoms with E-state index in [1.54, 1.807) is 0 Å². The summed E-state index contributed by atoms with van der Waals surface area (Å²) in [5.74, 6) is 0.101. The van der Waals surface area contributed by atoms with Gasteiger partial charge in [-0.2, -0.15) is 0 Å². The van der Waals surface area contributed by atoms with E-state index >= 15 is 0 Å². The van der Waals surface area contributed by atoms with Crippen LogP contribution in [0, 0.1) is 0 Å². The second-order valence-electron chi connectivity index (χ2n) is 6.40. The van der Waals surface area contributed by atoms with Crippen LogP contribution in [0.25, 0.3) is 0 Å². The first-order chi connectivity index (χ1) is 11.3. The van der Waals surface area contributed by atoms with Gasteiger partial charge in [-0.05, 0) is 56.3 Å². The van der Waals surface area contributed by atoms with E-state index in [2.05, 4.69) is 10.2 Å². The number of carbonyl (C=O) groups excluding carboxylic acids is 1. The lowest BCUT2D eigenvalue weighted by Gasteiger charge is -2.34. The summed E-state index contributed by atoms with van der Waals surface area (Å²) in [5, 5.41) is 12.0. The van der Waals surface area contributed by atoms with Crippen LogP contribution in [0.2, 0.25) is 0 Å². The third-order valence-electron chi connectivity index (χ3n) is 4.88. The monoisotopic (exact) mass is 318 g/mol. The van der Waals surface area contributed by atoms with Gasteiger partial charge in [0.15, 0.2) is 0 Å². The number of nitrogens with zero attached hydrogens (tertiary/aromatic N) is 1. The predicted octanol–water partition coefficient (Wildman–Crippen LogP) is 1.80. The molecule has 1 atom stereocenters. The summed E-state index contributed by atoms with van der Waals surface area (Å²) < 4.78 is 5.44. The first-order valence-electron chi connectivity index (χ1n) is 8.62. The Morgan fingerprint density at radius 2 is 1.96 bits per heavy atom. The van der Waals surface area contributed by atoms with E-state index in [1.807, 2.05) is 24.3 Å². The summed E-state index contributed by atoms with van der Waals surface area (Å²) in [5.41, 5.74) is 1.91. The number of carbonyl (C=O) groups is 1. The van der Waals surface area contributed by atoms with Gasteiger partial charge in [0.1, 0.15) is 0 Å². The zero-order valence-corrected chi connectivity index (χ0v) is 13.5. The van der Waals surface area contributed by atoms with Crippen molar-refractivity contribution in [2.75, 3.05) is 31.7 Å². The van der Waals surface area contributed by atoms with Crippen molar-refractivity contribution in [3.63, 3.8) is 0 Å². The van der Waals surface area contributed by atoms with Crippen LogP contribution in [0.1, 0.15) is 31.2 Å². The van der Waals surface area contributed by atoms with E-state index in [9.17, 15) is 4.79 Å². The SMILES string of the molecule is O=C(Nc1ccc(CCO)cc1)[C@H]1CCCN1C1CCOCC1. The summed E-state index contributed by atoms with van der Waals surface area (Å²) in [6.07, 6.45) is 4.73. The fourth-order valence-electron chi connectivity index (χ4n) is 3.63. The molecular formula is C18H26N2O3. The van der Waals surface area contributed by atoms with Crippen LogP contribution in [-0.2, 0) is 16.0 Å². The lowest BCUT2D eigenvalue weighted by Crippen LogP contribution is -2.47. The van der Waals surface area contributed by atoms with Crippen molar-refractivity contribution >= 4 is 11.6 Å². The minimum atomic E-state index is -0.0183. The molecule has 0 aliphatic carbocycles. The molecule has 2 aliphatic rings. The molecule has 5 heteroatoms. The largest absolute Gasteiger partial charge is 0.396 e. The van der Waals surface area contributed by atoms with Gasteiger partial charge >= 0.3 is 0 Å². The first kappa shape index (κ1) is 16.4.